The van der Waals surface area contributed by atoms with E-state index in [-0.39, 0.29) is 17.8 Å². The number of furan rings is 1. The van der Waals surface area contributed by atoms with E-state index in [0.717, 1.165) is 6.07 Å². The Morgan fingerprint density at radius 2 is 1.86 bits per heavy atom. The van der Waals surface area contributed by atoms with E-state index in [2.05, 4.69) is 0 Å². The average molecular weight is 291 g/mol. The van der Waals surface area contributed by atoms with Crippen LogP contribution in [0.25, 0.3) is 11.0 Å². The van der Waals surface area contributed by atoms with Crippen molar-refractivity contribution in [2.45, 2.75) is 12.5 Å². The van der Waals surface area contributed by atoms with Crippen LogP contribution in [0.1, 0.15) is 17.4 Å². The van der Waals surface area contributed by atoms with Gasteiger partial charge in [0.25, 0.3) is 0 Å². The van der Waals surface area contributed by atoms with Crippen LogP contribution in [0.15, 0.2) is 46.9 Å². The smallest absolute Gasteiger partial charge is 0.162 e. The number of fused-ring (bicyclic) bond motifs is 1. The molecule has 3 aromatic rings. The molecule has 2 N–H and O–H groups in total. The molecule has 0 fully saturated rings. The topological polar surface area (TPSA) is 39.2 Å². The summed E-state index contributed by atoms with van der Waals surface area (Å²) in [5.41, 5.74) is 6.65. The fourth-order valence-electron chi connectivity index (χ4n) is 2.26. The van der Waals surface area contributed by atoms with Crippen molar-refractivity contribution in [2.75, 3.05) is 0 Å². The van der Waals surface area contributed by atoms with Gasteiger partial charge < -0.3 is 10.2 Å². The molecule has 1 atom stereocenters. The van der Waals surface area contributed by atoms with Crippen LogP contribution in [0, 0.1) is 17.5 Å². The monoisotopic (exact) mass is 291 g/mol. The van der Waals surface area contributed by atoms with Gasteiger partial charge in [0.2, 0.25) is 0 Å². The fourth-order valence-corrected chi connectivity index (χ4v) is 2.26. The third kappa shape index (κ3) is 2.64. The van der Waals surface area contributed by atoms with E-state index >= 15 is 0 Å². The van der Waals surface area contributed by atoms with Gasteiger partial charge in [-0.05, 0) is 42.3 Å². The van der Waals surface area contributed by atoms with Gasteiger partial charge in [-0.1, -0.05) is 12.1 Å². The summed E-state index contributed by atoms with van der Waals surface area (Å²) < 4.78 is 45.4. The second-order valence-corrected chi connectivity index (χ2v) is 4.85. The molecule has 1 unspecified atom stereocenters. The molecule has 0 bridgehead atoms. The molecule has 0 aliphatic heterocycles. The summed E-state index contributed by atoms with van der Waals surface area (Å²) >= 11 is 0. The lowest BCUT2D eigenvalue weighted by atomic mass is 10.0. The Balaban J connectivity index is 1.89. The lowest BCUT2D eigenvalue weighted by Crippen LogP contribution is -2.13. The van der Waals surface area contributed by atoms with Crippen molar-refractivity contribution < 1.29 is 17.6 Å². The number of benzene rings is 2. The van der Waals surface area contributed by atoms with E-state index in [1.54, 1.807) is 6.07 Å². The normalized spacial score (nSPS) is 12.8. The highest BCUT2D eigenvalue weighted by Crippen LogP contribution is 2.26. The molecule has 0 saturated carbocycles. The maximum atomic E-state index is 13.6. The second-order valence-electron chi connectivity index (χ2n) is 4.85. The SMILES string of the molecule is NC(Cc1cccc(F)c1F)c1cc2cc(F)ccc2o1. The standard InChI is InChI=1S/C16H12F3NO/c17-11-4-5-14-10(6-11)8-15(21-14)13(20)7-9-2-1-3-12(18)16(9)19/h1-6,8,13H,7,20H2. The minimum atomic E-state index is -0.911. The molecule has 21 heavy (non-hydrogen) atoms. The van der Waals surface area contributed by atoms with Crippen LogP contribution in [0.2, 0.25) is 0 Å². The van der Waals surface area contributed by atoms with E-state index in [0.29, 0.717) is 16.7 Å². The van der Waals surface area contributed by atoms with Gasteiger partial charge in [0.05, 0.1) is 6.04 Å². The molecule has 0 saturated heterocycles. The van der Waals surface area contributed by atoms with Gasteiger partial charge in [-0.25, -0.2) is 13.2 Å². The molecule has 108 valence electrons. The maximum absolute atomic E-state index is 13.6. The van der Waals surface area contributed by atoms with Gasteiger partial charge >= 0.3 is 0 Å². The van der Waals surface area contributed by atoms with Gasteiger partial charge in [0.15, 0.2) is 11.6 Å². The average Bonchev–Trinajstić information content (AvgIpc) is 2.87. The Bertz CT molecular complexity index is 797. The van der Waals surface area contributed by atoms with Gasteiger partial charge in [-0.15, -0.1) is 0 Å². The summed E-state index contributed by atoms with van der Waals surface area (Å²) in [7, 11) is 0. The summed E-state index contributed by atoms with van der Waals surface area (Å²) in [5, 5.41) is 0.583. The van der Waals surface area contributed by atoms with Crippen LogP contribution < -0.4 is 5.73 Å². The van der Waals surface area contributed by atoms with Gasteiger partial charge in [-0.2, -0.15) is 0 Å². The quantitative estimate of drug-likeness (QED) is 0.789. The van der Waals surface area contributed by atoms with Crippen LogP contribution in [0.3, 0.4) is 0 Å². The summed E-state index contributed by atoms with van der Waals surface area (Å²) in [5.74, 6) is -1.79. The highest BCUT2D eigenvalue weighted by molar-refractivity contribution is 5.78. The molecule has 5 heteroatoms. The highest BCUT2D eigenvalue weighted by atomic mass is 19.2. The van der Waals surface area contributed by atoms with Gasteiger partial charge in [-0.3, -0.25) is 0 Å². The van der Waals surface area contributed by atoms with Crippen LogP contribution in [-0.4, -0.2) is 0 Å². The first-order valence-electron chi connectivity index (χ1n) is 6.42. The number of halogens is 3. The third-order valence-electron chi connectivity index (χ3n) is 3.33. The molecular formula is C16H12F3NO. The van der Waals surface area contributed by atoms with Crippen molar-refractivity contribution in [1.82, 2.24) is 0 Å². The maximum Gasteiger partial charge on any atom is 0.162 e. The molecular weight excluding hydrogens is 279 g/mol. The molecule has 0 aliphatic carbocycles. The van der Waals surface area contributed by atoms with Crippen LogP contribution >= 0.6 is 0 Å². The van der Waals surface area contributed by atoms with E-state index in [1.165, 1.54) is 30.3 Å². The molecule has 0 amide bonds. The zero-order valence-electron chi connectivity index (χ0n) is 10.9. The molecule has 0 spiro atoms. The first-order valence-corrected chi connectivity index (χ1v) is 6.42. The highest BCUT2D eigenvalue weighted by Gasteiger charge is 2.16. The summed E-state index contributed by atoms with van der Waals surface area (Å²) in [6.45, 7) is 0. The molecule has 1 heterocycles. The fraction of sp³-hybridized carbons (Fsp3) is 0.125. The van der Waals surface area contributed by atoms with Crippen LogP contribution in [0.4, 0.5) is 13.2 Å². The zero-order chi connectivity index (χ0) is 15.0. The molecule has 2 nitrogen and oxygen atoms in total. The van der Waals surface area contributed by atoms with Crippen molar-refractivity contribution in [1.29, 1.82) is 0 Å². The van der Waals surface area contributed by atoms with Crippen molar-refractivity contribution >= 4 is 11.0 Å². The Kier molecular flexibility index (Phi) is 3.43. The third-order valence-corrected chi connectivity index (χ3v) is 3.33. The first kappa shape index (κ1) is 13.7. The largest absolute Gasteiger partial charge is 0.459 e. The van der Waals surface area contributed by atoms with Crippen molar-refractivity contribution in [3.8, 4) is 0 Å². The number of nitrogens with two attached hydrogens (primary N) is 1. The second kappa shape index (κ2) is 5.26. The Hall–Kier alpha value is -2.27. The zero-order valence-corrected chi connectivity index (χ0v) is 10.9. The van der Waals surface area contributed by atoms with Crippen LogP contribution in [-0.2, 0) is 6.42 Å². The molecule has 2 aromatic carbocycles. The minimum absolute atomic E-state index is 0.0892. The predicted octanol–water partition coefficient (Wildman–Crippen LogP) is 4.09. The van der Waals surface area contributed by atoms with Gasteiger partial charge in [0, 0.05) is 5.39 Å². The number of rotatable bonds is 3. The van der Waals surface area contributed by atoms with E-state index < -0.39 is 17.7 Å². The van der Waals surface area contributed by atoms with Crippen molar-refractivity contribution in [2.24, 2.45) is 5.73 Å². The van der Waals surface area contributed by atoms with E-state index in [9.17, 15) is 13.2 Å². The summed E-state index contributed by atoms with van der Waals surface area (Å²) in [6, 6.07) is 9.04. The Morgan fingerprint density at radius 1 is 1.05 bits per heavy atom. The molecule has 3 rings (SSSR count). The Morgan fingerprint density at radius 3 is 2.67 bits per heavy atom. The molecule has 1 aromatic heterocycles. The predicted molar refractivity (Wildman–Crippen MR) is 73.2 cm³/mol. The summed E-state index contributed by atoms with van der Waals surface area (Å²) in [6.07, 6.45) is 0.0892. The minimum Gasteiger partial charge on any atom is -0.459 e. The van der Waals surface area contributed by atoms with Crippen LogP contribution in [0.5, 0.6) is 0 Å². The number of hydrogen-bond donors (Lipinski definition) is 1. The molecule has 0 aliphatic rings. The number of hydrogen-bond acceptors (Lipinski definition) is 2. The van der Waals surface area contributed by atoms with E-state index in [4.69, 9.17) is 10.2 Å². The first-order chi connectivity index (χ1) is 10.0. The summed E-state index contributed by atoms with van der Waals surface area (Å²) in [4.78, 5) is 0. The van der Waals surface area contributed by atoms with Crippen molar-refractivity contribution in [3.63, 3.8) is 0 Å². The molecule has 0 radical (unpaired) electrons. The Labute approximate surface area is 119 Å². The van der Waals surface area contributed by atoms with Crippen molar-refractivity contribution in [3.05, 3.63) is 71.2 Å². The van der Waals surface area contributed by atoms with Gasteiger partial charge in [0.1, 0.15) is 17.2 Å². The lowest BCUT2D eigenvalue weighted by molar-refractivity contribution is 0.470. The lowest BCUT2D eigenvalue weighted by Gasteiger charge is -2.09. The van der Waals surface area contributed by atoms with E-state index in [1.807, 2.05) is 0 Å².